The van der Waals surface area contributed by atoms with E-state index in [0.717, 1.165) is 6.26 Å². The number of halogens is 1. The first-order valence-electron chi connectivity index (χ1n) is 4.62. The van der Waals surface area contributed by atoms with Crippen molar-refractivity contribution in [2.75, 3.05) is 6.26 Å². The Morgan fingerprint density at radius 1 is 1.35 bits per heavy atom. The zero-order valence-electron chi connectivity index (χ0n) is 8.81. The van der Waals surface area contributed by atoms with Crippen LogP contribution in [0.3, 0.4) is 0 Å². The van der Waals surface area contributed by atoms with Gasteiger partial charge in [-0.05, 0) is 24.3 Å². The van der Waals surface area contributed by atoms with Gasteiger partial charge in [-0.15, -0.1) is 0 Å². The van der Waals surface area contributed by atoms with E-state index in [1.54, 1.807) is 6.07 Å². The SMILES string of the molecule is CS(=O)(=O)c1ccc2nc(Cl)c(C#N)cc2c1. The Labute approximate surface area is 103 Å². The molecule has 0 saturated heterocycles. The molecule has 0 N–H and O–H groups in total. The van der Waals surface area contributed by atoms with Crippen LogP contribution < -0.4 is 0 Å². The number of benzene rings is 1. The van der Waals surface area contributed by atoms with Crippen molar-refractivity contribution < 1.29 is 8.42 Å². The molecule has 0 aliphatic carbocycles. The van der Waals surface area contributed by atoms with Gasteiger partial charge in [0.25, 0.3) is 0 Å². The summed E-state index contributed by atoms with van der Waals surface area (Å²) in [6.45, 7) is 0. The van der Waals surface area contributed by atoms with Crippen LogP contribution in [0.25, 0.3) is 10.9 Å². The average Bonchev–Trinajstić information content (AvgIpc) is 2.26. The Balaban J connectivity index is 2.79. The van der Waals surface area contributed by atoms with Gasteiger partial charge in [0.2, 0.25) is 0 Å². The van der Waals surface area contributed by atoms with Crippen LogP contribution in [0.1, 0.15) is 5.56 Å². The first-order valence-corrected chi connectivity index (χ1v) is 6.89. The van der Waals surface area contributed by atoms with Crippen molar-refractivity contribution in [3.8, 4) is 6.07 Å². The Morgan fingerprint density at radius 3 is 2.65 bits per heavy atom. The van der Waals surface area contributed by atoms with Gasteiger partial charge >= 0.3 is 0 Å². The molecule has 0 fully saturated rings. The largest absolute Gasteiger partial charge is 0.235 e. The Kier molecular flexibility index (Phi) is 2.77. The molecule has 2 aromatic rings. The van der Waals surface area contributed by atoms with Crippen molar-refractivity contribution in [3.05, 3.63) is 35.0 Å². The molecule has 0 unspecified atom stereocenters. The number of nitrogens with zero attached hydrogens (tertiary/aromatic N) is 2. The number of rotatable bonds is 1. The van der Waals surface area contributed by atoms with E-state index in [1.807, 2.05) is 6.07 Å². The highest BCUT2D eigenvalue weighted by molar-refractivity contribution is 7.90. The quantitative estimate of drug-likeness (QED) is 0.742. The summed E-state index contributed by atoms with van der Waals surface area (Å²) in [6, 6.07) is 7.94. The van der Waals surface area contributed by atoms with E-state index in [4.69, 9.17) is 16.9 Å². The number of pyridine rings is 1. The van der Waals surface area contributed by atoms with Crippen molar-refractivity contribution in [3.63, 3.8) is 0 Å². The molecule has 6 heteroatoms. The van der Waals surface area contributed by atoms with Gasteiger partial charge in [-0.2, -0.15) is 5.26 Å². The van der Waals surface area contributed by atoms with E-state index in [9.17, 15) is 8.42 Å². The predicted octanol–water partition coefficient (Wildman–Crippen LogP) is 2.16. The molecule has 1 aromatic carbocycles. The molecule has 0 saturated carbocycles. The van der Waals surface area contributed by atoms with E-state index in [1.165, 1.54) is 18.2 Å². The van der Waals surface area contributed by atoms with Gasteiger partial charge in [-0.25, -0.2) is 13.4 Å². The zero-order valence-corrected chi connectivity index (χ0v) is 10.4. The number of aromatic nitrogens is 1. The van der Waals surface area contributed by atoms with E-state index in [-0.39, 0.29) is 15.6 Å². The molecule has 86 valence electrons. The van der Waals surface area contributed by atoms with Gasteiger partial charge in [0.1, 0.15) is 11.2 Å². The summed E-state index contributed by atoms with van der Waals surface area (Å²) in [5.41, 5.74) is 0.784. The molecular weight excluding hydrogens is 260 g/mol. The molecule has 1 aromatic heterocycles. The van der Waals surface area contributed by atoms with E-state index in [0.29, 0.717) is 10.9 Å². The third kappa shape index (κ3) is 2.23. The first kappa shape index (κ1) is 11.8. The molecule has 1 heterocycles. The molecule has 0 radical (unpaired) electrons. The standard InChI is InChI=1S/C11H7ClN2O2S/c1-17(15,16)9-2-3-10-7(5-9)4-8(6-13)11(12)14-10/h2-5H,1H3. The van der Waals surface area contributed by atoms with Crippen LogP contribution >= 0.6 is 11.6 Å². The van der Waals surface area contributed by atoms with E-state index >= 15 is 0 Å². The van der Waals surface area contributed by atoms with Gasteiger partial charge in [-0.3, -0.25) is 0 Å². The highest BCUT2D eigenvalue weighted by Crippen LogP contribution is 2.22. The third-order valence-electron chi connectivity index (χ3n) is 2.29. The van der Waals surface area contributed by atoms with Crippen LogP contribution in [0.4, 0.5) is 0 Å². The number of sulfone groups is 1. The minimum absolute atomic E-state index is 0.118. The molecule has 4 nitrogen and oxygen atoms in total. The number of hydrogen-bond donors (Lipinski definition) is 0. The number of nitriles is 1. The summed E-state index contributed by atoms with van der Waals surface area (Å²) in [5, 5.41) is 9.51. The molecule has 2 rings (SSSR count). The number of fused-ring (bicyclic) bond motifs is 1. The topological polar surface area (TPSA) is 70.8 Å². The molecular formula is C11H7ClN2O2S. The lowest BCUT2D eigenvalue weighted by Gasteiger charge is -2.02. The maximum absolute atomic E-state index is 11.4. The zero-order chi connectivity index (χ0) is 12.6. The highest BCUT2D eigenvalue weighted by atomic mass is 35.5. The lowest BCUT2D eigenvalue weighted by molar-refractivity contribution is 0.602. The smallest absolute Gasteiger partial charge is 0.175 e. The van der Waals surface area contributed by atoms with Crippen molar-refractivity contribution in [1.29, 1.82) is 5.26 Å². The second kappa shape index (κ2) is 3.99. The van der Waals surface area contributed by atoms with Gasteiger partial charge in [0.05, 0.1) is 16.0 Å². The van der Waals surface area contributed by atoms with Crippen molar-refractivity contribution in [2.24, 2.45) is 0 Å². The van der Waals surface area contributed by atoms with Crippen molar-refractivity contribution in [2.45, 2.75) is 4.90 Å². The van der Waals surface area contributed by atoms with Gasteiger partial charge < -0.3 is 0 Å². The highest BCUT2D eigenvalue weighted by Gasteiger charge is 2.10. The van der Waals surface area contributed by atoms with Gasteiger partial charge in [0.15, 0.2) is 9.84 Å². The Bertz CT molecular complexity index is 748. The maximum atomic E-state index is 11.4. The number of hydrogen-bond acceptors (Lipinski definition) is 4. The summed E-state index contributed by atoms with van der Waals surface area (Å²) in [5.74, 6) is 0. The van der Waals surface area contributed by atoms with Crippen LogP contribution in [0, 0.1) is 11.3 Å². The van der Waals surface area contributed by atoms with Crippen LogP contribution in [-0.2, 0) is 9.84 Å². The van der Waals surface area contributed by atoms with Crippen LogP contribution in [0.5, 0.6) is 0 Å². The fourth-order valence-electron chi connectivity index (χ4n) is 1.44. The maximum Gasteiger partial charge on any atom is 0.175 e. The fourth-order valence-corrected chi connectivity index (χ4v) is 2.28. The second-order valence-electron chi connectivity index (χ2n) is 3.57. The molecule has 0 aliphatic rings. The average molecular weight is 267 g/mol. The lowest BCUT2D eigenvalue weighted by Crippen LogP contribution is -1.97. The minimum Gasteiger partial charge on any atom is -0.235 e. The van der Waals surface area contributed by atoms with Crippen molar-refractivity contribution >= 4 is 32.3 Å². The van der Waals surface area contributed by atoms with Crippen LogP contribution in [0.2, 0.25) is 5.15 Å². The van der Waals surface area contributed by atoms with Crippen LogP contribution in [-0.4, -0.2) is 19.7 Å². The molecule has 17 heavy (non-hydrogen) atoms. The molecule has 0 atom stereocenters. The van der Waals surface area contributed by atoms with Gasteiger partial charge in [0, 0.05) is 11.6 Å². The summed E-state index contributed by atoms with van der Waals surface area (Å²) in [4.78, 5) is 4.21. The normalized spacial score (nSPS) is 11.4. The fraction of sp³-hybridized carbons (Fsp3) is 0.0909. The predicted molar refractivity (Wildman–Crippen MR) is 64.6 cm³/mol. The minimum atomic E-state index is -3.27. The third-order valence-corrected chi connectivity index (χ3v) is 3.69. The molecule has 0 bridgehead atoms. The summed E-state index contributed by atoms with van der Waals surface area (Å²) >= 11 is 5.78. The second-order valence-corrected chi connectivity index (χ2v) is 5.94. The molecule has 0 amide bonds. The molecule has 0 aliphatic heterocycles. The van der Waals surface area contributed by atoms with E-state index < -0.39 is 9.84 Å². The first-order chi connectivity index (χ1) is 7.91. The summed E-state index contributed by atoms with van der Waals surface area (Å²) in [6.07, 6.45) is 1.13. The van der Waals surface area contributed by atoms with Gasteiger partial charge in [-0.1, -0.05) is 11.6 Å². The molecule has 0 spiro atoms. The van der Waals surface area contributed by atoms with Crippen LogP contribution in [0.15, 0.2) is 29.2 Å². The summed E-state index contributed by atoms with van der Waals surface area (Å²) < 4.78 is 22.8. The Hall–Kier alpha value is -1.64. The monoisotopic (exact) mass is 266 g/mol. The summed E-state index contributed by atoms with van der Waals surface area (Å²) in [7, 11) is -3.27. The Morgan fingerprint density at radius 2 is 2.06 bits per heavy atom. The van der Waals surface area contributed by atoms with E-state index in [2.05, 4.69) is 4.98 Å². The lowest BCUT2D eigenvalue weighted by atomic mass is 10.2. The van der Waals surface area contributed by atoms with Crippen molar-refractivity contribution in [1.82, 2.24) is 4.98 Å².